The Labute approximate surface area is 131 Å². The van der Waals surface area contributed by atoms with Crippen LogP contribution in [0.3, 0.4) is 0 Å². The normalized spacial score (nSPS) is 19.0. The van der Waals surface area contributed by atoms with Crippen molar-refractivity contribution in [3.05, 3.63) is 35.9 Å². The van der Waals surface area contributed by atoms with Crippen molar-refractivity contribution < 1.29 is 18.3 Å². The molecule has 2 N–H and O–H groups in total. The zero-order valence-electron chi connectivity index (χ0n) is 12.6. The lowest BCUT2D eigenvalue weighted by Crippen LogP contribution is -2.51. The molecule has 0 spiro atoms. The fourth-order valence-electron chi connectivity index (χ4n) is 2.51. The molecule has 1 heterocycles. The van der Waals surface area contributed by atoms with Crippen LogP contribution in [-0.2, 0) is 21.4 Å². The Hall–Kier alpha value is -1.44. The van der Waals surface area contributed by atoms with Gasteiger partial charge in [0.05, 0.1) is 0 Å². The summed E-state index contributed by atoms with van der Waals surface area (Å²) in [6.07, 6.45) is 1.73. The topological polar surface area (TPSA) is 86.7 Å². The van der Waals surface area contributed by atoms with E-state index in [9.17, 15) is 18.3 Å². The van der Waals surface area contributed by atoms with Gasteiger partial charge in [0, 0.05) is 13.1 Å². The number of piperidine rings is 1. The molecule has 22 heavy (non-hydrogen) atoms. The molecule has 1 aromatic rings. The molecule has 122 valence electrons. The van der Waals surface area contributed by atoms with Crippen LogP contribution in [0.25, 0.3) is 0 Å². The molecule has 0 aliphatic carbocycles. The van der Waals surface area contributed by atoms with E-state index in [2.05, 4.69) is 11.6 Å². The predicted molar refractivity (Wildman–Crippen MR) is 83.6 cm³/mol. The van der Waals surface area contributed by atoms with E-state index in [0.29, 0.717) is 19.0 Å². The number of nitrogens with one attached hydrogen (secondary N) is 1. The summed E-state index contributed by atoms with van der Waals surface area (Å²) >= 11 is 0. The summed E-state index contributed by atoms with van der Waals surface area (Å²) in [6.45, 7) is 2.97. The maximum atomic E-state index is 12.3. The van der Waals surface area contributed by atoms with Gasteiger partial charge in [-0.15, -0.1) is 0 Å². The molecule has 1 fully saturated rings. The fraction of sp³-hybridized carbons (Fsp3) is 0.533. The number of hydrogen-bond donors (Lipinski definition) is 2. The van der Waals surface area contributed by atoms with Crippen LogP contribution in [0.5, 0.6) is 0 Å². The monoisotopic (exact) mass is 326 g/mol. The molecule has 1 aliphatic heterocycles. The summed E-state index contributed by atoms with van der Waals surface area (Å²) in [5.41, 5.74) is 0.782. The van der Waals surface area contributed by atoms with E-state index in [-0.39, 0.29) is 6.42 Å². The van der Waals surface area contributed by atoms with Gasteiger partial charge >= 0.3 is 5.97 Å². The van der Waals surface area contributed by atoms with Crippen LogP contribution in [0.1, 0.15) is 25.3 Å². The first-order valence-corrected chi connectivity index (χ1v) is 8.86. The van der Waals surface area contributed by atoms with Crippen LogP contribution in [0.4, 0.5) is 0 Å². The van der Waals surface area contributed by atoms with E-state index in [1.807, 2.05) is 6.07 Å². The van der Waals surface area contributed by atoms with Crippen molar-refractivity contribution in [3.8, 4) is 0 Å². The summed E-state index contributed by atoms with van der Waals surface area (Å²) in [5.74, 6) is -0.663. The number of carboxylic acids is 1. The molecule has 2 rings (SSSR count). The maximum Gasteiger partial charge on any atom is 0.322 e. The summed E-state index contributed by atoms with van der Waals surface area (Å²) < 4.78 is 28.4. The lowest BCUT2D eigenvalue weighted by Gasteiger charge is -2.30. The van der Waals surface area contributed by atoms with Gasteiger partial charge in [-0.25, -0.2) is 0 Å². The third-order valence-corrected chi connectivity index (χ3v) is 5.58. The molecule has 0 radical (unpaired) electrons. The number of aliphatic carboxylic acids is 1. The molecule has 0 saturated carbocycles. The Bertz CT molecular complexity index is 595. The third-order valence-electron chi connectivity index (χ3n) is 3.95. The second-order valence-corrected chi connectivity index (χ2v) is 7.49. The van der Waals surface area contributed by atoms with Gasteiger partial charge in [-0.05, 0) is 30.7 Å². The van der Waals surface area contributed by atoms with Crippen LogP contribution in [0, 0.1) is 5.92 Å². The molecular weight excluding hydrogens is 304 g/mol. The van der Waals surface area contributed by atoms with Crippen molar-refractivity contribution in [1.29, 1.82) is 0 Å². The molecule has 1 aliphatic rings. The highest BCUT2D eigenvalue weighted by molar-refractivity contribution is 7.87. The van der Waals surface area contributed by atoms with Crippen LogP contribution in [-0.4, -0.2) is 42.9 Å². The quantitative estimate of drug-likeness (QED) is 0.824. The van der Waals surface area contributed by atoms with Gasteiger partial charge in [0.25, 0.3) is 10.2 Å². The van der Waals surface area contributed by atoms with Crippen molar-refractivity contribution >= 4 is 16.2 Å². The van der Waals surface area contributed by atoms with Crippen LogP contribution < -0.4 is 4.72 Å². The molecule has 7 heteroatoms. The SMILES string of the molecule is CC1CCN(S(=O)(=O)N[C@@H](Cc2ccccc2)C(=O)O)CC1. The zero-order valence-corrected chi connectivity index (χ0v) is 13.4. The van der Waals surface area contributed by atoms with Gasteiger partial charge in [0.15, 0.2) is 0 Å². The lowest BCUT2D eigenvalue weighted by molar-refractivity contribution is -0.138. The van der Waals surface area contributed by atoms with E-state index < -0.39 is 22.2 Å². The van der Waals surface area contributed by atoms with Crippen LogP contribution in [0.2, 0.25) is 0 Å². The first kappa shape index (κ1) is 16.9. The van der Waals surface area contributed by atoms with Crippen LogP contribution >= 0.6 is 0 Å². The summed E-state index contributed by atoms with van der Waals surface area (Å²) in [5, 5.41) is 9.29. The molecule has 0 bridgehead atoms. The third kappa shape index (κ3) is 4.53. The number of carboxylic acid groups (broad SMARTS) is 1. The number of hydrogen-bond acceptors (Lipinski definition) is 3. The molecular formula is C15H22N2O4S. The first-order valence-electron chi connectivity index (χ1n) is 7.42. The van der Waals surface area contributed by atoms with Gasteiger partial charge in [-0.1, -0.05) is 37.3 Å². The van der Waals surface area contributed by atoms with Gasteiger partial charge in [0.1, 0.15) is 6.04 Å². The Balaban J connectivity index is 2.05. The Morgan fingerprint density at radius 2 is 1.91 bits per heavy atom. The minimum Gasteiger partial charge on any atom is -0.480 e. The minimum atomic E-state index is -3.77. The molecule has 0 amide bonds. The standard InChI is InChI=1S/C15H22N2O4S/c1-12-7-9-17(10-8-12)22(20,21)16-14(15(18)19)11-13-5-3-2-4-6-13/h2-6,12,14,16H,7-11H2,1H3,(H,18,19)/t14-/m0/s1. The van der Waals surface area contributed by atoms with E-state index in [1.54, 1.807) is 24.3 Å². The molecule has 1 aromatic carbocycles. The van der Waals surface area contributed by atoms with Crippen molar-refractivity contribution in [2.45, 2.75) is 32.2 Å². The average Bonchev–Trinajstić information content (AvgIpc) is 2.48. The summed E-state index contributed by atoms with van der Waals surface area (Å²) in [7, 11) is -3.77. The van der Waals surface area contributed by atoms with E-state index >= 15 is 0 Å². The largest absolute Gasteiger partial charge is 0.480 e. The minimum absolute atomic E-state index is 0.125. The van der Waals surface area contributed by atoms with Crippen molar-refractivity contribution in [1.82, 2.24) is 9.03 Å². The number of nitrogens with zero attached hydrogens (tertiary/aromatic N) is 1. The molecule has 0 aromatic heterocycles. The van der Waals surface area contributed by atoms with Gasteiger partial charge < -0.3 is 5.11 Å². The van der Waals surface area contributed by atoms with Gasteiger partial charge in [0.2, 0.25) is 0 Å². The molecule has 1 atom stereocenters. The van der Waals surface area contributed by atoms with E-state index in [0.717, 1.165) is 18.4 Å². The summed E-state index contributed by atoms with van der Waals surface area (Å²) in [6, 6.07) is 7.84. The highest BCUT2D eigenvalue weighted by Gasteiger charge is 2.31. The highest BCUT2D eigenvalue weighted by Crippen LogP contribution is 2.18. The molecule has 6 nitrogen and oxygen atoms in total. The van der Waals surface area contributed by atoms with E-state index in [1.165, 1.54) is 4.31 Å². The fourth-order valence-corrected chi connectivity index (χ4v) is 3.89. The smallest absolute Gasteiger partial charge is 0.322 e. The summed E-state index contributed by atoms with van der Waals surface area (Å²) in [4.78, 5) is 11.4. The number of carbonyl (C=O) groups is 1. The molecule has 0 unspecified atom stereocenters. The first-order chi connectivity index (χ1) is 10.4. The van der Waals surface area contributed by atoms with Gasteiger partial charge in [-0.2, -0.15) is 17.4 Å². The van der Waals surface area contributed by atoms with Crippen molar-refractivity contribution in [3.63, 3.8) is 0 Å². The average molecular weight is 326 g/mol. The molecule has 1 saturated heterocycles. The predicted octanol–water partition coefficient (Wildman–Crippen LogP) is 1.25. The van der Waals surface area contributed by atoms with E-state index in [4.69, 9.17) is 0 Å². The highest BCUT2D eigenvalue weighted by atomic mass is 32.2. The second kappa shape index (κ2) is 7.21. The number of benzene rings is 1. The lowest BCUT2D eigenvalue weighted by atomic mass is 10.0. The van der Waals surface area contributed by atoms with Crippen LogP contribution in [0.15, 0.2) is 30.3 Å². The Kier molecular flexibility index (Phi) is 5.55. The van der Waals surface area contributed by atoms with Crippen molar-refractivity contribution in [2.75, 3.05) is 13.1 Å². The maximum absolute atomic E-state index is 12.3. The Morgan fingerprint density at radius 1 is 1.32 bits per heavy atom. The zero-order chi connectivity index (χ0) is 16.2. The number of rotatable bonds is 6. The second-order valence-electron chi connectivity index (χ2n) is 5.79. The van der Waals surface area contributed by atoms with Crippen molar-refractivity contribution in [2.24, 2.45) is 5.92 Å². The van der Waals surface area contributed by atoms with Gasteiger partial charge in [-0.3, -0.25) is 4.79 Å². The Morgan fingerprint density at radius 3 is 2.45 bits per heavy atom.